The van der Waals surface area contributed by atoms with Crippen LogP contribution < -0.4 is 0 Å². The summed E-state index contributed by atoms with van der Waals surface area (Å²) in [7, 11) is 0. The number of carbonyl (C=O) groups excluding carboxylic acids is 3. The van der Waals surface area contributed by atoms with Crippen molar-refractivity contribution in [2.75, 3.05) is 5.88 Å². The molecule has 0 N–H and O–H groups in total. The van der Waals surface area contributed by atoms with Gasteiger partial charge in [-0.1, -0.05) is 13.2 Å². The molecule has 0 atom stereocenters. The van der Waals surface area contributed by atoms with Gasteiger partial charge in [-0.2, -0.15) is 0 Å². The molecule has 0 rings (SSSR count). The molecule has 0 saturated heterocycles. The Morgan fingerprint density at radius 1 is 1.13 bits per heavy atom. The van der Waals surface area contributed by atoms with Crippen molar-refractivity contribution in [3.05, 3.63) is 25.3 Å². The monoisotopic (exact) mass is 252 g/mol. The summed E-state index contributed by atoms with van der Waals surface area (Å²) in [5, 5.41) is -0.370. The molecule has 84 valence electrons. The smallest absolute Gasteiger partial charge is 0.338 e. The van der Waals surface area contributed by atoms with E-state index < -0.39 is 11.9 Å². The third kappa shape index (κ3) is 15.6. The number of hydrogen-bond donors (Lipinski definition) is 0. The molecule has 0 aromatic carbocycles. The molecule has 0 aliphatic heterocycles. The first kappa shape index (κ1) is 16.3. The van der Waals surface area contributed by atoms with Crippen molar-refractivity contribution in [2.24, 2.45) is 0 Å². The van der Waals surface area contributed by atoms with E-state index in [1.165, 1.54) is 0 Å². The number of rotatable bonds is 4. The van der Waals surface area contributed by atoms with Crippen LogP contribution in [0.1, 0.15) is 6.42 Å². The fourth-order valence-electron chi connectivity index (χ4n) is 0.257. The topological polar surface area (TPSA) is 60.4 Å². The summed E-state index contributed by atoms with van der Waals surface area (Å²) in [6, 6.07) is 0. The molecular formula is C9H10Cl2O4. The molecule has 0 unspecified atom stereocenters. The highest BCUT2D eigenvalue weighted by Gasteiger charge is 1.99. The van der Waals surface area contributed by atoms with Gasteiger partial charge in [-0.3, -0.25) is 4.79 Å². The van der Waals surface area contributed by atoms with Crippen molar-refractivity contribution >= 4 is 40.4 Å². The largest absolute Gasteiger partial charge is 0.387 e. The lowest BCUT2D eigenvalue weighted by Crippen LogP contribution is -2.05. The van der Waals surface area contributed by atoms with Gasteiger partial charge in [0.15, 0.2) is 0 Å². The van der Waals surface area contributed by atoms with E-state index in [9.17, 15) is 14.4 Å². The lowest BCUT2D eigenvalue weighted by molar-refractivity contribution is -0.152. The summed E-state index contributed by atoms with van der Waals surface area (Å²) in [6.07, 6.45) is 2.08. The summed E-state index contributed by atoms with van der Waals surface area (Å²) in [5.41, 5.74) is 0. The lowest BCUT2D eigenvalue weighted by Gasteiger charge is -1.90. The summed E-state index contributed by atoms with van der Waals surface area (Å²) in [6.45, 7) is 6.17. The van der Waals surface area contributed by atoms with E-state index in [0.29, 0.717) is 5.88 Å². The van der Waals surface area contributed by atoms with E-state index in [1.54, 1.807) is 0 Å². The maximum absolute atomic E-state index is 10.2. The van der Waals surface area contributed by atoms with Crippen molar-refractivity contribution in [1.29, 1.82) is 0 Å². The SMILES string of the molecule is C=CC(=O)OC(=O)C=C.O=C(Cl)CCCl. The first-order valence-electron chi connectivity index (χ1n) is 3.72. The maximum Gasteiger partial charge on any atom is 0.338 e. The fraction of sp³-hybridized carbons (Fsp3) is 0.222. The predicted octanol–water partition coefficient (Wildman–Crippen LogP) is 1.81. The highest BCUT2D eigenvalue weighted by atomic mass is 35.5. The standard InChI is InChI=1S/C6H6O3.C3H4Cl2O/c1-3-5(7)9-6(8)4-2;4-2-1-3(5)6/h3-4H,1-2H2;1-2H2. The minimum absolute atomic E-state index is 0.267. The first-order chi connectivity index (χ1) is 6.97. The van der Waals surface area contributed by atoms with E-state index in [2.05, 4.69) is 17.9 Å². The fourth-order valence-corrected chi connectivity index (χ4v) is 0.620. The van der Waals surface area contributed by atoms with Crippen LogP contribution in [0, 0.1) is 0 Å². The van der Waals surface area contributed by atoms with Gasteiger partial charge < -0.3 is 4.74 Å². The molecule has 0 aromatic heterocycles. The van der Waals surface area contributed by atoms with Crippen molar-refractivity contribution in [3.63, 3.8) is 0 Å². The molecule has 0 radical (unpaired) electrons. The molecule has 0 aliphatic carbocycles. The Labute approximate surface area is 97.5 Å². The number of ether oxygens (including phenoxy) is 1. The number of alkyl halides is 1. The van der Waals surface area contributed by atoms with Gasteiger partial charge in [0, 0.05) is 24.5 Å². The van der Waals surface area contributed by atoms with E-state index in [0.717, 1.165) is 12.2 Å². The minimum atomic E-state index is -0.764. The Bertz CT molecular complexity index is 243. The van der Waals surface area contributed by atoms with Crippen molar-refractivity contribution < 1.29 is 19.1 Å². The second-order valence-corrected chi connectivity index (χ2v) is 2.74. The highest BCUT2D eigenvalue weighted by Crippen LogP contribution is 1.88. The summed E-state index contributed by atoms with van der Waals surface area (Å²) >= 11 is 9.95. The zero-order chi connectivity index (χ0) is 12.3. The van der Waals surface area contributed by atoms with E-state index >= 15 is 0 Å². The molecular weight excluding hydrogens is 243 g/mol. The van der Waals surface area contributed by atoms with Crippen LogP contribution in [0.5, 0.6) is 0 Å². The van der Waals surface area contributed by atoms with Crippen LogP contribution >= 0.6 is 23.2 Å². The van der Waals surface area contributed by atoms with Crippen LogP contribution in [0.25, 0.3) is 0 Å². The van der Waals surface area contributed by atoms with Gasteiger partial charge in [-0.05, 0) is 11.6 Å². The molecule has 0 amide bonds. The highest BCUT2D eigenvalue weighted by molar-refractivity contribution is 6.63. The Kier molecular flexibility index (Phi) is 11.9. The van der Waals surface area contributed by atoms with E-state index in [1.807, 2.05) is 0 Å². The van der Waals surface area contributed by atoms with Crippen LogP contribution in [0.2, 0.25) is 0 Å². The predicted molar refractivity (Wildman–Crippen MR) is 57.7 cm³/mol. The molecule has 0 saturated carbocycles. The summed E-state index contributed by atoms with van der Waals surface area (Å²) in [4.78, 5) is 30.1. The molecule has 15 heavy (non-hydrogen) atoms. The van der Waals surface area contributed by atoms with Gasteiger partial charge in [0.2, 0.25) is 5.24 Å². The summed E-state index contributed by atoms with van der Waals surface area (Å²) < 4.78 is 4.03. The molecule has 0 bridgehead atoms. The number of hydrogen-bond acceptors (Lipinski definition) is 4. The Morgan fingerprint density at radius 3 is 1.67 bits per heavy atom. The minimum Gasteiger partial charge on any atom is -0.387 e. The molecule has 0 fully saturated rings. The molecule has 0 aliphatic rings. The first-order valence-corrected chi connectivity index (χ1v) is 4.64. The molecule has 0 aromatic rings. The van der Waals surface area contributed by atoms with Gasteiger partial charge in [0.25, 0.3) is 0 Å². The number of halogens is 2. The maximum atomic E-state index is 10.2. The summed E-state index contributed by atoms with van der Waals surface area (Å²) in [5.74, 6) is -1.21. The van der Waals surface area contributed by atoms with Crippen LogP contribution in [-0.2, 0) is 19.1 Å². The van der Waals surface area contributed by atoms with Gasteiger partial charge in [-0.25, -0.2) is 9.59 Å². The quantitative estimate of drug-likeness (QED) is 0.252. The normalized spacial score (nSPS) is 7.87. The number of carbonyl (C=O) groups is 3. The molecule has 4 nitrogen and oxygen atoms in total. The molecule has 0 heterocycles. The van der Waals surface area contributed by atoms with Crippen LogP contribution in [-0.4, -0.2) is 23.1 Å². The van der Waals surface area contributed by atoms with Crippen LogP contribution in [0.15, 0.2) is 25.3 Å². The lowest BCUT2D eigenvalue weighted by atomic mass is 10.6. The van der Waals surface area contributed by atoms with Crippen LogP contribution in [0.3, 0.4) is 0 Å². The van der Waals surface area contributed by atoms with Gasteiger partial charge in [-0.15, -0.1) is 11.6 Å². The van der Waals surface area contributed by atoms with Gasteiger partial charge in [0.05, 0.1) is 0 Å². The van der Waals surface area contributed by atoms with Gasteiger partial charge in [0.1, 0.15) is 0 Å². The zero-order valence-electron chi connectivity index (χ0n) is 7.87. The van der Waals surface area contributed by atoms with Gasteiger partial charge >= 0.3 is 11.9 Å². The Hall–Kier alpha value is -1.13. The van der Waals surface area contributed by atoms with Crippen molar-refractivity contribution in [1.82, 2.24) is 0 Å². The number of esters is 2. The van der Waals surface area contributed by atoms with E-state index in [-0.39, 0.29) is 11.7 Å². The van der Waals surface area contributed by atoms with Crippen molar-refractivity contribution in [2.45, 2.75) is 6.42 Å². The molecule has 6 heteroatoms. The second-order valence-electron chi connectivity index (χ2n) is 1.94. The average Bonchev–Trinajstić information content (AvgIpc) is 2.18. The van der Waals surface area contributed by atoms with Crippen LogP contribution in [0.4, 0.5) is 0 Å². The van der Waals surface area contributed by atoms with Crippen molar-refractivity contribution in [3.8, 4) is 0 Å². The average molecular weight is 253 g/mol. The molecule has 0 spiro atoms. The third-order valence-corrected chi connectivity index (χ3v) is 1.20. The Morgan fingerprint density at radius 2 is 1.53 bits per heavy atom. The zero-order valence-corrected chi connectivity index (χ0v) is 9.38. The third-order valence-electron chi connectivity index (χ3n) is 0.826. The van der Waals surface area contributed by atoms with E-state index in [4.69, 9.17) is 23.2 Å². The Balaban J connectivity index is 0. The second kappa shape index (κ2) is 10.9.